The first kappa shape index (κ1) is 27.0. The molecule has 5 rings (SSSR count). The largest absolute Gasteiger partial charge is 0.399 e. The Kier molecular flexibility index (Phi) is 8.47. The van der Waals surface area contributed by atoms with Crippen LogP contribution in [0.2, 0.25) is 0 Å². The number of rotatable bonds is 7. The van der Waals surface area contributed by atoms with Gasteiger partial charge in [0.15, 0.2) is 0 Å². The fourth-order valence-corrected chi connectivity index (χ4v) is 5.28. The van der Waals surface area contributed by atoms with Gasteiger partial charge in [0.1, 0.15) is 24.4 Å². The number of nitrogen functional groups attached to an aromatic ring is 1. The average Bonchev–Trinajstić information content (AvgIpc) is 3.48. The first-order chi connectivity index (χ1) is 19.5. The van der Waals surface area contributed by atoms with Gasteiger partial charge in [0.05, 0.1) is 36.7 Å². The van der Waals surface area contributed by atoms with Gasteiger partial charge in [-0.25, -0.2) is 4.98 Å². The van der Waals surface area contributed by atoms with Crippen LogP contribution < -0.4 is 26.6 Å². The zero-order chi connectivity index (χ0) is 27.9. The number of nitriles is 1. The van der Waals surface area contributed by atoms with Crippen molar-refractivity contribution in [2.45, 2.75) is 25.0 Å². The molecule has 11 nitrogen and oxygen atoms in total. The summed E-state index contributed by atoms with van der Waals surface area (Å²) in [4.78, 5) is 21.3. The number of pyridine rings is 1. The molecule has 0 spiro atoms. The predicted molar refractivity (Wildman–Crippen MR) is 154 cm³/mol. The van der Waals surface area contributed by atoms with E-state index in [4.69, 9.17) is 26.1 Å². The lowest BCUT2D eigenvalue weighted by molar-refractivity contribution is -0.125. The Morgan fingerprint density at radius 3 is 2.88 bits per heavy atom. The summed E-state index contributed by atoms with van der Waals surface area (Å²) >= 11 is 0. The van der Waals surface area contributed by atoms with E-state index in [9.17, 15) is 4.79 Å². The molecule has 4 heterocycles. The first-order valence-corrected chi connectivity index (χ1v) is 13.6. The number of nitrogens with zero attached hydrogens (tertiary/aromatic N) is 4. The smallest absolute Gasteiger partial charge is 0.224 e. The summed E-state index contributed by atoms with van der Waals surface area (Å²) in [5, 5.41) is 26.8. The van der Waals surface area contributed by atoms with E-state index in [-0.39, 0.29) is 30.6 Å². The van der Waals surface area contributed by atoms with Crippen molar-refractivity contribution in [1.29, 1.82) is 10.7 Å². The van der Waals surface area contributed by atoms with E-state index >= 15 is 0 Å². The van der Waals surface area contributed by atoms with Crippen LogP contribution in [0.1, 0.15) is 30.1 Å². The van der Waals surface area contributed by atoms with Crippen molar-refractivity contribution in [3.8, 4) is 6.07 Å². The number of morpholine rings is 1. The molecule has 1 aromatic heterocycles. The van der Waals surface area contributed by atoms with Crippen LogP contribution in [-0.2, 0) is 9.53 Å². The highest BCUT2D eigenvalue weighted by Gasteiger charge is 2.27. The number of carbonyl (C=O) groups is 1. The van der Waals surface area contributed by atoms with Crippen LogP contribution >= 0.6 is 0 Å². The Morgan fingerprint density at radius 1 is 1.25 bits per heavy atom. The molecule has 2 unspecified atom stereocenters. The highest BCUT2D eigenvalue weighted by Crippen LogP contribution is 2.27. The minimum absolute atomic E-state index is 0.0459. The first-order valence-electron chi connectivity index (χ1n) is 13.6. The van der Waals surface area contributed by atoms with Gasteiger partial charge in [0, 0.05) is 37.4 Å². The number of anilines is 2. The fraction of sp³-hybridized carbons (Fsp3) is 0.379. The van der Waals surface area contributed by atoms with Gasteiger partial charge in [0.25, 0.3) is 0 Å². The lowest BCUT2D eigenvalue weighted by Crippen LogP contribution is -2.42. The maximum absolute atomic E-state index is 12.2. The molecule has 1 aromatic carbocycles. The van der Waals surface area contributed by atoms with E-state index in [1.165, 1.54) is 0 Å². The van der Waals surface area contributed by atoms with Crippen LogP contribution in [0, 0.1) is 22.7 Å². The van der Waals surface area contributed by atoms with Crippen LogP contribution in [-0.4, -0.2) is 67.2 Å². The number of hydrogen-bond donors (Lipinski definition) is 5. The minimum atomic E-state index is -0.171. The Morgan fingerprint density at radius 2 is 2.08 bits per heavy atom. The lowest BCUT2D eigenvalue weighted by Gasteiger charge is -2.37. The number of ether oxygens (including phenoxy) is 1. The molecule has 0 bridgehead atoms. The fourth-order valence-electron chi connectivity index (χ4n) is 5.28. The maximum Gasteiger partial charge on any atom is 0.224 e. The monoisotopic (exact) mass is 541 g/mol. The highest BCUT2D eigenvalue weighted by atomic mass is 16.5. The van der Waals surface area contributed by atoms with Gasteiger partial charge >= 0.3 is 0 Å². The zero-order valence-electron chi connectivity index (χ0n) is 22.3. The summed E-state index contributed by atoms with van der Waals surface area (Å²) in [7, 11) is 0. The second-order valence-corrected chi connectivity index (χ2v) is 10.1. The summed E-state index contributed by atoms with van der Waals surface area (Å²) < 4.78 is 5.71. The standard InChI is InChI=1S/C29H35N9O2/c30-11-12-33-29(39)20-9-13-37(14-10-20)28-6-2-5-23(36-28)24-18-34-27(35-24)8-7-26(32)38-15-16-40-19-25(38)21-3-1-4-22(31)17-21/h1-8,17-18,20,25,27,32,34-35H,9-10,12-16,19,31H2,(H,33,39)/b8-7-,32-26?. The molecule has 3 aliphatic heterocycles. The van der Waals surface area contributed by atoms with Crippen molar-refractivity contribution in [2.75, 3.05) is 50.0 Å². The Hall–Kier alpha value is -4.56. The van der Waals surface area contributed by atoms with Crippen LogP contribution in [0.15, 0.2) is 60.8 Å². The summed E-state index contributed by atoms with van der Waals surface area (Å²) in [6.45, 7) is 3.24. The number of amidine groups is 1. The number of piperidine rings is 1. The molecule has 6 N–H and O–H groups in total. The van der Waals surface area contributed by atoms with Crippen molar-refractivity contribution < 1.29 is 9.53 Å². The number of amides is 1. The number of carbonyl (C=O) groups excluding carboxylic acids is 1. The van der Waals surface area contributed by atoms with E-state index in [1.807, 2.05) is 71.8 Å². The summed E-state index contributed by atoms with van der Waals surface area (Å²) in [5.74, 6) is 1.17. The Balaban J connectivity index is 1.16. The third-order valence-electron chi connectivity index (χ3n) is 7.44. The zero-order valence-corrected chi connectivity index (χ0v) is 22.3. The van der Waals surface area contributed by atoms with Gasteiger partial charge in [0.2, 0.25) is 5.91 Å². The van der Waals surface area contributed by atoms with Crippen molar-refractivity contribution in [1.82, 2.24) is 25.8 Å². The third-order valence-corrected chi connectivity index (χ3v) is 7.44. The van der Waals surface area contributed by atoms with Crippen LogP contribution in [0.5, 0.6) is 0 Å². The van der Waals surface area contributed by atoms with Crippen molar-refractivity contribution in [2.24, 2.45) is 5.92 Å². The number of hydrogen-bond acceptors (Lipinski definition) is 9. The number of nitrogens with one attached hydrogen (secondary N) is 4. The second-order valence-electron chi connectivity index (χ2n) is 10.1. The van der Waals surface area contributed by atoms with Gasteiger partial charge in [-0.2, -0.15) is 5.26 Å². The lowest BCUT2D eigenvalue weighted by atomic mass is 9.96. The molecule has 2 fully saturated rings. The molecule has 2 atom stereocenters. The Labute approximate surface area is 234 Å². The summed E-state index contributed by atoms with van der Waals surface area (Å²) in [6.07, 6.45) is 6.94. The van der Waals surface area contributed by atoms with Gasteiger partial charge in [-0.05, 0) is 54.8 Å². The molecular weight excluding hydrogens is 506 g/mol. The molecule has 1 amide bonds. The van der Waals surface area contributed by atoms with E-state index < -0.39 is 0 Å². The maximum atomic E-state index is 12.2. The minimum Gasteiger partial charge on any atom is -0.399 e. The molecule has 2 aromatic rings. The quantitative estimate of drug-likeness (QED) is 0.153. The van der Waals surface area contributed by atoms with E-state index in [0.717, 1.165) is 48.7 Å². The molecule has 40 heavy (non-hydrogen) atoms. The van der Waals surface area contributed by atoms with Crippen molar-refractivity contribution in [3.05, 3.63) is 72.1 Å². The molecule has 0 aliphatic carbocycles. The molecule has 2 saturated heterocycles. The van der Waals surface area contributed by atoms with E-state index in [1.54, 1.807) is 0 Å². The van der Waals surface area contributed by atoms with Gasteiger partial charge < -0.3 is 36.2 Å². The third kappa shape index (κ3) is 6.35. The van der Waals surface area contributed by atoms with Crippen LogP contribution in [0.3, 0.4) is 0 Å². The second kappa shape index (κ2) is 12.5. The van der Waals surface area contributed by atoms with Crippen LogP contribution in [0.25, 0.3) is 5.70 Å². The molecular formula is C29H35N9O2. The summed E-state index contributed by atoms with van der Waals surface area (Å²) in [6, 6.07) is 15.6. The number of nitrogens with two attached hydrogens (primary N) is 1. The SMILES string of the molecule is N#CCNC(=O)C1CCN(c2cccc(C3=CNC(/C=C\C(=N)N4CCOCC4c4cccc(N)c4)N3)n2)CC1. The number of benzene rings is 1. The molecule has 11 heteroatoms. The molecule has 208 valence electrons. The number of aromatic nitrogens is 1. The van der Waals surface area contributed by atoms with E-state index in [2.05, 4.69) is 20.9 Å². The Bertz CT molecular complexity index is 1330. The topological polar surface area (TPSA) is 155 Å². The van der Waals surface area contributed by atoms with Crippen molar-refractivity contribution in [3.63, 3.8) is 0 Å². The van der Waals surface area contributed by atoms with Gasteiger partial charge in [-0.1, -0.05) is 18.2 Å². The van der Waals surface area contributed by atoms with Gasteiger partial charge in [-0.15, -0.1) is 0 Å². The average molecular weight is 542 g/mol. The molecule has 3 aliphatic rings. The highest BCUT2D eigenvalue weighted by molar-refractivity contribution is 5.90. The van der Waals surface area contributed by atoms with Gasteiger partial charge in [-0.3, -0.25) is 10.2 Å². The molecule has 0 saturated carbocycles. The summed E-state index contributed by atoms with van der Waals surface area (Å²) in [5.41, 5.74) is 9.42. The van der Waals surface area contributed by atoms with E-state index in [0.29, 0.717) is 31.3 Å². The predicted octanol–water partition coefficient (Wildman–Crippen LogP) is 1.94. The van der Waals surface area contributed by atoms with Crippen LogP contribution in [0.4, 0.5) is 11.5 Å². The normalized spacial score (nSPS) is 21.3. The molecule has 0 radical (unpaired) electrons. The van der Waals surface area contributed by atoms with Crippen molar-refractivity contribution >= 4 is 28.9 Å².